The maximum atomic E-state index is 12.9. The number of rotatable bonds is 6. The minimum Gasteiger partial charge on any atom is -0.470 e. The maximum Gasteiger partial charge on any atom is 0.254 e. The highest BCUT2D eigenvalue weighted by molar-refractivity contribution is 7.91. The van der Waals surface area contributed by atoms with Crippen LogP contribution in [0.25, 0.3) is 16.7 Å². The van der Waals surface area contributed by atoms with Crippen molar-refractivity contribution in [3.8, 4) is 11.6 Å². The first-order chi connectivity index (χ1) is 17.8. The number of aromatic nitrogens is 5. The van der Waals surface area contributed by atoms with E-state index >= 15 is 0 Å². The molecule has 6 rings (SSSR count). The summed E-state index contributed by atoms with van der Waals surface area (Å²) in [6, 6.07) is 3.62. The van der Waals surface area contributed by atoms with Crippen molar-refractivity contribution in [3.05, 3.63) is 41.7 Å². The molecule has 12 nitrogen and oxygen atoms in total. The first-order valence-corrected chi connectivity index (χ1v) is 14.5. The van der Waals surface area contributed by atoms with Crippen LogP contribution in [0, 0.1) is 0 Å². The Kier molecular flexibility index (Phi) is 6.09. The zero-order valence-electron chi connectivity index (χ0n) is 20.0. The van der Waals surface area contributed by atoms with Crippen LogP contribution >= 0.6 is 11.3 Å². The van der Waals surface area contributed by atoms with Crippen LogP contribution in [0.2, 0.25) is 0 Å². The third-order valence-electron chi connectivity index (χ3n) is 6.35. The lowest BCUT2D eigenvalue weighted by atomic mass is 10.3. The van der Waals surface area contributed by atoms with Crippen LogP contribution in [0.1, 0.15) is 16.8 Å². The van der Waals surface area contributed by atoms with Gasteiger partial charge in [-0.25, -0.2) is 13.4 Å². The molecule has 2 fully saturated rings. The van der Waals surface area contributed by atoms with Crippen molar-refractivity contribution in [1.29, 1.82) is 0 Å². The number of aryl methyl sites for hydroxylation is 1. The number of nitrogens with zero attached hydrogens (tertiary/aromatic N) is 6. The summed E-state index contributed by atoms with van der Waals surface area (Å²) < 4.78 is 38.8. The first kappa shape index (κ1) is 23.9. The predicted molar refractivity (Wildman–Crippen MR) is 138 cm³/mol. The molecule has 0 radical (unpaired) electrons. The molecule has 0 unspecified atom stereocenters. The van der Waals surface area contributed by atoms with Gasteiger partial charge in [-0.3, -0.25) is 9.48 Å². The van der Waals surface area contributed by atoms with Gasteiger partial charge in [0, 0.05) is 44.3 Å². The number of ether oxygens (including phenoxy) is 2. The number of amides is 1. The molecule has 194 valence electrons. The zero-order valence-corrected chi connectivity index (χ0v) is 21.7. The lowest BCUT2D eigenvalue weighted by molar-refractivity contribution is 0.0771. The summed E-state index contributed by atoms with van der Waals surface area (Å²) in [5.74, 6) is 0.578. The Balaban J connectivity index is 1.27. The van der Waals surface area contributed by atoms with E-state index in [4.69, 9.17) is 9.47 Å². The van der Waals surface area contributed by atoms with Crippen molar-refractivity contribution < 1.29 is 22.7 Å². The third kappa shape index (κ3) is 4.91. The van der Waals surface area contributed by atoms with Gasteiger partial charge < -0.3 is 24.3 Å². The highest BCUT2D eigenvalue weighted by atomic mass is 32.2. The summed E-state index contributed by atoms with van der Waals surface area (Å²) >= 11 is 1.35. The highest BCUT2D eigenvalue weighted by Gasteiger charge is 2.27. The van der Waals surface area contributed by atoms with Crippen molar-refractivity contribution in [1.82, 2.24) is 29.2 Å². The molecule has 2 aliphatic heterocycles. The second-order valence-corrected chi connectivity index (χ2v) is 12.2. The van der Waals surface area contributed by atoms with Crippen LogP contribution in [0.4, 0.5) is 10.9 Å². The fourth-order valence-corrected chi connectivity index (χ4v) is 6.35. The highest BCUT2D eigenvalue weighted by Crippen LogP contribution is 2.32. The Labute approximate surface area is 216 Å². The molecule has 0 saturated carbocycles. The molecule has 4 aromatic rings. The fraction of sp³-hybridized carbons (Fsp3) is 0.391. The van der Waals surface area contributed by atoms with Crippen molar-refractivity contribution >= 4 is 49.1 Å². The summed E-state index contributed by atoms with van der Waals surface area (Å²) in [6.07, 6.45) is 6.23. The topological polar surface area (TPSA) is 133 Å². The Hall–Kier alpha value is -3.49. The van der Waals surface area contributed by atoms with Gasteiger partial charge in [0.15, 0.2) is 9.84 Å². The summed E-state index contributed by atoms with van der Waals surface area (Å²) in [7, 11) is -1.20. The Morgan fingerprint density at radius 2 is 2.11 bits per heavy atom. The minimum atomic E-state index is -3.06. The molecular formula is C23H25N7O5S2. The third-order valence-corrected chi connectivity index (χ3v) is 8.80. The SMILES string of the molecule is Cn1cc(-n2ccc3nc(Nc4cc(C(=O)N5CCS(=O)(=O)CC5)cs4)nc(O[C@H]4CCOC4)c32)cn1. The van der Waals surface area contributed by atoms with Crippen LogP contribution in [0.5, 0.6) is 5.88 Å². The Morgan fingerprint density at radius 1 is 1.27 bits per heavy atom. The van der Waals surface area contributed by atoms with Crippen LogP contribution in [0.3, 0.4) is 0 Å². The van der Waals surface area contributed by atoms with Gasteiger partial charge in [-0.1, -0.05) is 0 Å². The number of fused-ring (bicyclic) bond motifs is 1. The molecule has 2 saturated heterocycles. The Morgan fingerprint density at radius 3 is 2.84 bits per heavy atom. The number of hydrogen-bond acceptors (Lipinski definition) is 10. The number of nitrogens with one attached hydrogen (secondary N) is 1. The van der Waals surface area contributed by atoms with Crippen molar-refractivity contribution in [2.24, 2.45) is 7.05 Å². The van der Waals surface area contributed by atoms with Gasteiger partial charge in [0.05, 0.1) is 52.7 Å². The van der Waals surface area contributed by atoms with Gasteiger partial charge in [-0.15, -0.1) is 11.3 Å². The lowest BCUT2D eigenvalue weighted by Gasteiger charge is -2.26. The zero-order chi connectivity index (χ0) is 25.6. The van der Waals surface area contributed by atoms with Gasteiger partial charge >= 0.3 is 0 Å². The average Bonchev–Trinajstić information content (AvgIpc) is 3.66. The van der Waals surface area contributed by atoms with E-state index in [1.807, 2.05) is 30.1 Å². The maximum absolute atomic E-state index is 12.9. The second-order valence-electron chi connectivity index (χ2n) is 9.02. The number of carbonyl (C=O) groups is 1. The van der Waals surface area contributed by atoms with E-state index in [9.17, 15) is 13.2 Å². The van der Waals surface area contributed by atoms with Crippen LogP contribution in [-0.4, -0.2) is 87.5 Å². The van der Waals surface area contributed by atoms with Crippen LogP contribution in [-0.2, 0) is 21.6 Å². The van der Waals surface area contributed by atoms with E-state index in [2.05, 4.69) is 20.4 Å². The molecule has 1 amide bonds. The molecule has 0 spiro atoms. The quantitative estimate of drug-likeness (QED) is 0.388. The smallest absolute Gasteiger partial charge is 0.254 e. The van der Waals surface area contributed by atoms with E-state index in [0.29, 0.717) is 41.1 Å². The molecule has 0 bridgehead atoms. The van der Waals surface area contributed by atoms with Gasteiger partial charge in [-0.2, -0.15) is 10.1 Å². The standard InChI is InChI=1S/C23H25N7O5S2/c1-28-12-16(11-24-28)30-4-2-18-20(30)21(35-17-3-7-34-13-17)27-23(25-18)26-19-10-15(14-36-19)22(31)29-5-8-37(32,33)9-6-29/h2,4,10-12,14,17H,3,5-9,13H2,1H3,(H,25,26,27)/t17-/m0/s1. The van der Waals surface area contributed by atoms with E-state index < -0.39 is 9.84 Å². The minimum absolute atomic E-state index is 0.00462. The Bertz CT molecular complexity index is 1560. The molecule has 6 heterocycles. The number of hydrogen-bond donors (Lipinski definition) is 1. The second kappa shape index (κ2) is 9.43. The van der Waals surface area contributed by atoms with E-state index in [-0.39, 0.29) is 36.6 Å². The summed E-state index contributed by atoms with van der Waals surface area (Å²) in [5.41, 5.74) is 2.78. The van der Waals surface area contributed by atoms with Gasteiger partial charge in [0.2, 0.25) is 11.8 Å². The van der Waals surface area contributed by atoms with E-state index in [1.165, 1.54) is 11.3 Å². The first-order valence-electron chi connectivity index (χ1n) is 11.8. The molecular weight excluding hydrogens is 518 g/mol. The average molecular weight is 544 g/mol. The number of carbonyl (C=O) groups excluding carboxylic acids is 1. The predicted octanol–water partition coefficient (Wildman–Crippen LogP) is 2.00. The fourth-order valence-electron chi connectivity index (χ4n) is 4.38. The molecule has 4 aromatic heterocycles. The van der Waals surface area contributed by atoms with Crippen LogP contribution < -0.4 is 10.1 Å². The molecule has 1 N–H and O–H groups in total. The summed E-state index contributed by atoms with van der Waals surface area (Å²) in [5, 5.41) is 9.90. The van der Waals surface area contributed by atoms with Gasteiger partial charge in [-0.05, 0) is 12.1 Å². The van der Waals surface area contributed by atoms with E-state index in [0.717, 1.165) is 17.6 Å². The van der Waals surface area contributed by atoms with E-state index in [1.54, 1.807) is 27.2 Å². The molecule has 0 aromatic carbocycles. The van der Waals surface area contributed by atoms with Gasteiger partial charge in [0.25, 0.3) is 5.91 Å². The van der Waals surface area contributed by atoms with Crippen molar-refractivity contribution in [2.75, 3.05) is 43.1 Å². The summed E-state index contributed by atoms with van der Waals surface area (Å²) in [4.78, 5) is 23.8. The molecule has 0 aliphatic carbocycles. The number of thiophene rings is 1. The monoisotopic (exact) mass is 543 g/mol. The lowest BCUT2D eigenvalue weighted by Crippen LogP contribution is -2.43. The molecule has 37 heavy (non-hydrogen) atoms. The largest absolute Gasteiger partial charge is 0.470 e. The number of sulfone groups is 1. The normalized spacial score (nSPS) is 19.4. The molecule has 1 atom stereocenters. The molecule has 14 heteroatoms. The van der Waals surface area contributed by atoms with Crippen molar-refractivity contribution in [3.63, 3.8) is 0 Å². The van der Waals surface area contributed by atoms with Crippen LogP contribution in [0.15, 0.2) is 36.1 Å². The molecule has 2 aliphatic rings. The summed E-state index contributed by atoms with van der Waals surface area (Å²) in [6.45, 7) is 1.55. The van der Waals surface area contributed by atoms with Crippen molar-refractivity contribution in [2.45, 2.75) is 12.5 Å². The number of anilines is 2. The van der Waals surface area contributed by atoms with Gasteiger partial charge in [0.1, 0.15) is 11.6 Å².